The van der Waals surface area contributed by atoms with Crippen LogP contribution in [-0.2, 0) is 16.1 Å². The second-order valence-corrected chi connectivity index (χ2v) is 5.23. The van der Waals surface area contributed by atoms with Gasteiger partial charge in [0, 0.05) is 18.7 Å². The minimum atomic E-state index is -1.03. The Balaban J connectivity index is 1.74. The van der Waals surface area contributed by atoms with Gasteiger partial charge in [-0.3, -0.25) is 9.59 Å². The summed E-state index contributed by atoms with van der Waals surface area (Å²) in [5, 5.41) is 0. The summed E-state index contributed by atoms with van der Waals surface area (Å²) in [5.41, 5.74) is 1.55. The summed E-state index contributed by atoms with van der Waals surface area (Å²) in [6, 6.07) is 18.6. The van der Waals surface area contributed by atoms with E-state index >= 15 is 0 Å². The number of hydrogen-bond donors (Lipinski definition) is 0. The van der Waals surface area contributed by atoms with Crippen LogP contribution in [0.25, 0.3) is 0 Å². The molecule has 2 aromatic carbocycles. The lowest BCUT2D eigenvalue weighted by Crippen LogP contribution is -2.50. The van der Waals surface area contributed by atoms with Gasteiger partial charge in [-0.2, -0.15) is 0 Å². The molecular weight excluding hydrogens is 278 g/mol. The number of amides is 1. The fourth-order valence-corrected chi connectivity index (χ4v) is 2.53. The first-order valence-electron chi connectivity index (χ1n) is 7.29. The molecule has 1 aliphatic rings. The molecule has 0 aromatic heterocycles. The third-order valence-corrected chi connectivity index (χ3v) is 3.69. The molecule has 0 radical (unpaired) electrons. The van der Waals surface area contributed by atoms with Gasteiger partial charge in [0.15, 0.2) is 6.10 Å². The van der Waals surface area contributed by atoms with Crippen molar-refractivity contribution in [3.05, 3.63) is 71.8 Å². The van der Waals surface area contributed by atoms with E-state index in [1.165, 1.54) is 0 Å². The van der Waals surface area contributed by atoms with Crippen molar-refractivity contribution in [2.45, 2.75) is 12.6 Å². The molecule has 4 heteroatoms. The molecule has 3 rings (SSSR count). The minimum absolute atomic E-state index is 0.260. The quantitative estimate of drug-likeness (QED) is 0.642. The van der Waals surface area contributed by atoms with Crippen LogP contribution in [0.2, 0.25) is 0 Å². The molecule has 0 saturated carbocycles. The summed E-state index contributed by atoms with van der Waals surface area (Å²) in [6.45, 7) is 1.38. The molecule has 4 nitrogen and oxygen atoms in total. The lowest BCUT2D eigenvalue weighted by Gasteiger charge is -2.31. The van der Waals surface area contributed by atoms with Crippen LogP contribution in [0, 0.1) is 0 Å². The summed E-state index contributed by atoms with van der Waals surface area (Å²) in [5.74, 6) is -0.535. The van der Waals surface area contributed by atoms with Gasteiger partial charge in [0.25, 0.3) is 5.91 Å². The molecule has 22 heavy (non-hydrogen) atoms. The zero-order valence-corrected chi connectivity index (χ0v) is 12.1. The molecule has 1 amide bonds. The predicted molar refractivity (Wildman–Crippen MR) is 82.4 cm³/mol. The van der Waals surface area contributed by atoms with Crippen LogP contribution in [0.4, 0.5) is 0 Å². The van der Waals surface area contributed by atoms with Gasteiger partial charge in [-0.1, -0.05) is 60.7 Å². The summed E-state index contributed by atoms with van der Waals surface area (Å²) in [7, 11) is 0. The number of rotatable bonds is 4. The summed E-state index contributed by atoms with van der Waals surface area (Å²) in [6.07, 6.45) is -1.03. The topological polar surface area (TPSA) is 46.6 Å². The second-order valence-electron chi connectivity index (χ2n) is 5.23. The SMILES string of the molecule is O=C(c1ccccc1)[C@@H]1OCCN(Cc2ccccc2)C1=O. The largest absolute Gasteiger partial charge is 0.358 e. The maximum absolute atomic E-state index is 12.5. The molecule has 0 unspecified atom stereocenters. The van der Waals surface area contributed by atoms with E-state index in [2.05, 4.69) is 0 Å². The number of Topliss-reactive ketones (excluding diaryl/α,β-unsaturated/α-hetero) is 1. The molecule has 1 fully saturated rings. The van der Waals surface area contributed by atoms with Crippen molar-refractivity contribution in [3.8, 4) is 0 Å². The van der Waals surface area contributed by atoms with Crippen LogP contribution in [0.5, 0.6) is 0 Å². The second kappa shape index (κ2) is 6.54. The van der Waals surface area contributed by atoms with E-state index in [-0.39, 0.29) is 11.7 Å². The zero-order valence-electron chi connectivity index (χ0n) is 12.1. The summed E-state index contributed by atoms with van der Waals surface area (Å²) >= 11 is 0. The average Bonchev–Trinajstić information content (AvgIpc) is 2.58. The third kappa shape index (κ3) is 3.07. The van der Waals surface area contributed by atoms with E-state index in [9.17, 15) is 9.59 Å². The Morgan fingerprint density at radius 1 is 1.05 bits per heavy atom. The van der Waals surface area contributed by atoms with Crippen LogP contribution in [-0.4, -0.2) is 35.8 Å². The Morgan fingerprint density at radius 2 is 1.68 bits per heavy atom. The minimum Gasteiger partial charge on any atom is -0.358 e. The highest BCUT2D eigenvalue weighted by Gasteiger charge is 2.35. The Kier molecular flexibility index (Phi) is 4.30. The van der Waals surface area contributed by atoms with Gasteiger partial charge < -0.3 is 9.64 Å². The molecule has 1 aliphatic heterocycles. The molecule has 0 spiro atoms. The standard InChI is InChI=1S/C18H17NO3/c20-16(15-9-5-2-6-10-15)17-18(21)19(11-12-22-17)13-14-7-3-1-4-8-14/h1-10,17H,11-13H2/t17-/m0/s1. The fourth-order valence-electron chi connectivity index (χ4n) is 2.53. The first-order valence-corrected chi connectivity index (χ1v) is 7.29. The lowest BCUT2D eigenvalue weighted by molar-refractivity contribution is -0.149. The summed E-state index contributed by atoms with van der Waals surface area (Å²) < 4.78 is 5.43. The van der Waals surface area contributed by atoms with Crippen molar-refractivity contribution in [2.24, 2.45) is 0 Å². The van der Waals surface area contributed by atoms with Gasteiger partial charge in [0.05, 0.1) is 6.61 Å². The molecule has 1 saturated heterocycles. The van der Waals surface area contributed by atoms with Gasteiger partial charge in [-0.15, -0.1) is 0 Å². The number of hydrogen-bond acceptors (Lipinski definition) is 3. The number of ketones is 1. The highest BCUT2D eigenvalue weighted by Crippen LogP contribution is 2.16. The van der Waals surface area contributed by atoms with Crippen LogP contribution in [0.15, 0.2) is 60.7 Å². The van der Waals surface area contributed by atoms with Crippen molar-refractivity contribution in [1.29, 1.82) is 0 Å². The van der Waals surface area contributed by atoms with Crippen molar-refractivity contribution in [3.63, 3.8) is 0 Å². The normalized spacial score (nSPS) is 18.3. The molecule has 112 valence electrons. The highest BCUT2D eigenvalue weighted by molar-refractivity contribution is 6.12. The number of benzene rings is 2. The number of morpholine rings is 1. The van der Waals surface area contributed by atoms with E-state index in [0.717, 1.165) is 5.56 Å². The molecule has 0 aliphatic carbocycles. The van der Waals surface area contributed by atoms with Gasteiger partial charge in [0.1, 0.15) is 0 Å². The van der Waals surface area contributed by atoms with E-state index in [1.807, 2.05) is 36.4 Å². The maximum atomic E-state index is 12.5. The number of carbonyl (C=O) groups is 2. The monoisotopic (exact) mass is 295 g/mol. The van der Waals surface area contributed by atoms with E-state index in [4.69, 9.17) is 4.74 Å². The van der Waals surface area contributed by atoms with E-state index < -0.39 is 6.10 Å². The van der Waals surface area contributed by atoms with Crippen molar-refractivity contribution in [1.82, 2.24) is 4.90 Å². The average molecular weight is 295 g/mol. The maximum Gasteiger partial charge on any atom is 0.260 e. The Morgan fingerprint density at radius 3 is 2.36 bits per heavy atom. The molecular formula is C18H17NO3. The molecule has 1 atom stereocenters. The van der Waals surface area contributed by atoms with E-state index in [1.54, 1.807) is 29.2 Å². The zero-order chi connectivity index (χ0) is 15.4. The Hall–Kier alpha value is -2.46. The van der Waals surface area contributed by atoms with Crippen molar-refractivity contribution >= 4 is 11.7 Å². The predicted octanol–water partition coefficient (Wildman–Crippen LogP) is 2.30. The van der Waals surface area contributed by atoms with Gasteiger partial charge in [-0.05, 0) is 5.56 Å². The Bertz CT molecular complexity index is 655. The van der Waals surface area contributed by atoms with Gasteiger partial charge >= 0.3 is 0 Å². The molecule has 0 N–H and O–H groups in total. The van der Waals surface area contributed by atoms with E-state index in [0.29, 0.717) is 25.3 Å². The lowest BCUT2D eigenvalue weighted by atomic mass is 10.0. The first-order chi connectivity index (χ1) is 10.8. The number of ether oxygens (including phenoxy) is 1. The Labute approximate surface area is 129 Å². The van der Waals surface area contributed by atoms with Crippen LogP contribution in [0.1, 0.15) is 15.9 Å². The first kappa shape index (κ1) is 14.5. The third-order valence-electron chi connectivity index (χ3n) is 3.69. The molecule has 1 heterocycles. The highest BCUT2D eigenvalue weighted by atomic mass is 16.5. The van der Waals surface area contributed by atoms with Crippen molar-refractivity contribution in [2.75, 3.05) is 13.2 Å². The fraction of sp³-hybridized carbons (Fsp3) is 0.222. The molecule has 0 bridgehead atoms. The summed E-state index contributed by atoms with van der Waals surface area (Å²) in [4.78, 5) is 26.6. The van der Waals surface area contributed by atoms with Crippen LogP contribution >= 0.6 is 0 Å². The number of nitrogens with zero attached hydrogens (tertiary/aromatic N) is 1. The van der Waals surface area contributed by atoms with Gasteiger partial charge in [-0.25, -0.2) is 0 Å². The van der Waals surface area contributed by atoms with Crippen LogP contribution in [0.3, 0.4) is 0 Å². The van der Waals surface area contributed by atoms with Crippen LogP contribution < -0.4 is 0 Å². The van der Waals surface area contributed by atoms with Gasteiger partial charge in [0.2, 0.25) is 5.78 Å². The number of carbonyl (C=O) groups excluding carboxylic acids is 2. The van der Waals surface area contributed by atoms with Crippen molar-refractivity contribution < 1.29 is 14.3 Å². The molecule has 2 aromatic rings. The smallest absolute Gasteiger partial charge is 0.260 e.